The van der Waals surface area contributed by atoms with Gasteiger partial charge in [-0.15, -0.1) is 0 Å². The minimum atomic E-state index is 0.0131. The van der Waals surface area contributed by atoms with Crippen molar-refractivity contribution < 1.29 is 9.15 Å². The van der Waals surface area contributed by atoms with Gasteiger partial charge < -0.3 is 14.5 Å². The van der Waals surface area contributed by atoms with Crippen molar-refractivity contribution in [2.45, 2.75) is 39.0 Å². The third-order valence-corrected chi connectivity index (χ3v) is 4.25. The molecule has 1 aliphatic heterocycles. The largest absolute Gasteiger partial charge is 0.449 e. The van der Waals surface area contributed by atoms with Crippen LogP contribution >= 0.6 is 0 Å². The lowest BCUT2D eigenvalue weighted by molar-refractivity contribution is 0.0970. The third kappa shape index (κ3) is 2.65. The number of nitrogens with zero attached hydrogens (tertiary/aromatic N) is 3. The van der Waals surface area contributed by atoms with E-state index in [9.17, 15) is 0 Å². The zero-order valence-corrected chi connectivity index (χ0v) is 13.1. The van der Waals surface area contributed by atoms with Crippen LogP contribution in [0.5, 0.6) is 0 Å². The molecule has 2 atom stereocenters. The van der Waals surface area contributed by atoms with Gasteiger partial charge >= 0.3 is 0 Å². The maximum absolute atomic E-state index is 8.79. The van der Waals surface area contributed by atoms with Crippen LogP contribution in [-0.2, 0) is 18.3 Å². The molecule has 0 amide bonds. The highest BCUT2D eigenvalue weighted by molar-refractivity contribution is 5.29. The second-order valence-electron chi connectivity index (χ2n) is 5.65. The molecule has 1 N–H and O–H groups in total. The zero-order chi connectivity index (χ0) is 15.7. The molecule has 0 aliphatic carbocycles. The number of aryl methyl sites for hydroxylation is 2. The summed E-state index contributed by atoms with van der Waals surface area (Å²) >= 11 is 0. The van der Waals surface area contributed by atoms with E-state index < -0.39 is 0 Å². The molecule has 1 fully saturated rings. The maximum Gasteiger partial charge on any atom is 0.203 e. The molecular weight excluding hydrogens is 280 g/mol. The predicted molar refractivity (Wildman–Crippen MR) is 80.0 cm³/mol. The molecule has 0 radical (unpaired) electrons. The van der Waals surface area contributed by atoms with Gasteiger partial charge in [-0.2, -0.15) is 10.4 Å². The monoisotopic (exact) mass is 300 g/mol. The van der Waals surface area contributed by atoms with Gasteiger partial charge in [0.25, 0.3) is 0 Å². The standard InChI is InChI=1S/C16H20N4O2/c1-10-15(11(2)20(3)19-10)16-14(6-7-21-16)18-9-13-5-4-12(8-17)22-13/h4-5,14,16,18H,6-7,9H2,1-3H3/t14-,16-/m0/s1. The number of furan rings is 1. The molecule has 2 aromatic rings. The summed E-state index contributed by atoms with van der Waals surface area (Å²) in [4.78, 5) is 0. The summed E-state index contributed by atoms with van der Waals surface area (Å²) in [6.45, 7) is 5.41. The van der Waals surface area contributed by atoms with Crippen molar-refractivity contribution in [3.63, 3.8) is 0 Å². The number of rotatable bonds is 4. The molecule has 1 aliphatic rings. The summed E-state index contributed by atoms with van der Waals surface area (Å²) in [5.41, 5.74) is 3.33. The van der Waals surface area contributed by atoms with Crippen LogP contribution in [0, 0.1) is 25.2 Å². The van der Waals surface area contributed by atoms with E-state index in [0.29, 0.717) is 12.3 Å². The molecule has 3 heterocycles. The molecule has 0 saturated carbocycles. The first kappa shape index (κ1) is 14.8. The lowest BCUT2D eigenvalue weighted by atomic mass is 10.0. The topological polar surface area (TPSA) is 76.0 Å². The Morgan fingerprint density at radius 1 is 1.45 bits per heavy atom. The summed E-state index contributed by atoms with van der Waals surface area (Å²) < 4.78 is 13.2. The lowest BCUT2D eigenvalue weighted by Gasteiger charge is -2.20. The Balaban J connectivity index is 1.72. The first-order valence-electron chi connectivity index (χ1n) is 7.44. The zero-order valence-electron chi connectivity index (χ0n) is 13.1. The van der Waals surface area contributed by atoms with E-state index in [0.717, 1.165) is 30.2 Å². The highest BCUT2D eigenvalue weighted by Crippen LogP contribution is 2.33. The van der Waals surface area contributed by atoms with Gasteiger partial charge in [-0.25, -0.2) is 0 Å². The van der Waals surface area contributed by atoms with Crippen molar-refractivity contribution in [1.29, 1.82) is 5.26 Å². The first-order valence-corrected chi connectivity index (χ1v) is 7.44. The number of nitrogens with one attached hydrogen (secondary N) is 1. The van der Waals surface area contributed by atoms with Crippen molar-refractivity contribution in [1.82, 2.24) is 15.1 Å². The molecule has 22 heavy (non-hydrogen) atoms. The molecule has 6 heteroatoms. The highest BCUT2D eigenvalue weighted by Gasteiger charge is 2.33. The van der Waals surface area contributed by atoms with Crippen LogP contribution < -0.4 is 5.32 Å². The Hall–Kier alpha value is -2.10. The Bertz CT molecular complexity index is 710. The summed E-state index contributed by atoms with van der Waals surface area (Å²) in [6, 6.07) is 5.74. The molecule has 0 aromatic carbocycles. The maximum atomic E-state index is 8.79. The fourth-order valence-electron chi connectivity index (χ4n) is 3.05. The quantitative estimate of drug-likeness (QED) is 0.936. The summed E-state index contributed by atoms with van der Waals surface area (Å²) in [5, 5.41) is 16.8. The Morgan fingerprint density at radius 3 is 2.91 bits per heavy atom. The van der Waals surface area contributed by atoms with Crippen LogP contribution in [0.25, 0.3) is 0 Å². The lowest BCUT2D eigenvalue weighted by Crippen LogP contribution is -2.31. The van der Waals surface area contributed by atoms with Gasteiger partial charge in [0.2, 0.25) is 5.76 Å². The van der Waals surface area contributed by atoms with E-state index in [1.54, 1.807) is 6.07 Å². The van der Waals surface area contributed by atoms with Crippen molar-refractivity contribution in [2.75, 3.05) is 6.61 Å². The predicted octanol–water partition coefficient (Wildman–Crippen LogP) is 2.12. The molecule has 2 aromatic heterocycles. The number of aromatic nitrogens is 2. The fourth-order valence-corrected chi connectivity index (χ4v) is 3.05. The van der Waals surface area contributed by atoms with Gasteiger partial charge in [-0.3, -0.25) is 4.68 Å². The second-order valence-corrected chi connectivity index (χ2v) is 5.65. The average Bonchev–Trinajstić information content (AvgIpc) is 3.18. The van der Waals surface area contributed by atoms with Crippen LogP contribution in [0.15, 0.2) is 16.5 Å². The SMILES string of the molecule is Cc1nn(C)c(C)c1[C@H]1OCC[C@@H]1NCc1ccc(C#N)o1. The molecule has 6 nitrogen and oxygen atoms in total. The molecule has 116 valence electrons. The van der Waals surface area contributed by atoms with Gasteiger partial charge in [-0.1, -0.05) is 0 Å². The van der Waals surface area contributed by atoms with Crippen molar-refractivity contribution in [3.05, 3.63) is 40.6 Å². The molecular formula is C16H20N4O2. The van der Waals surface area contributed by atoms with Crippen molar-refractivity contribution >= 4 is 0 Å². The van der Waals surface area contributed by atoms with Crippen molar-refractivity contribution in [2.24, 2.45) is 7.05 Å². The van der Waals surface area contributed by atoms with E-state index in [-0.39, 0.29) is 12.1 Å². The summed E-state index contributed by atoms with van der Waals surface area (Å²) in [5.74, 6) is 1.11. The molecule has 0 bridgehead atoms. The first-order chi connectivity index (χ1) is 10.6. The van der Waals surface area contributed by atoms with Gasteiger partial charge in [-0.05, 0) is 32.4 Å². The Labute approximate surface area is 129 Å². The van der Waals surface area contributed by atoms with Crippen LogP contribution in [0.3, 0.4) is 0 Å². The number of ether oxygens (including phenoxy) is 1. The molecule has 3 rings (SSSR count). The summed E-state index contributed by atoms with van der Waals surface area (Å²) in [6.07, 6.45) is 0.962. The fraction of sp³-hybridized carbons (Fsp3) is 0.500. The van der Waals surface area contributed by atoms with Gasteiger partial charge in [0.15, 0.2) is 0 Å². The summed E-state index contributed by atoms with van der Waals surface area (Å²) in [7, 11) is 1.95. The third-order valence-electron chi connectivity index (χ3n) is 4.25. The molecule has 0 spiro atoms. The average molecular weight is 300 g/mol. The van der Waals surface area contributed by atoms with E-state index >= 15 is 0 Å². The number of nitriles is 1. The van der Waals surface area contributed by atoms with Crippen LogP contribution in [0.4, 0.5) is 0 Å². The number of hydrogen-bond acceptors (Lipinski definition) is 5. The number of hydrogen-bond donors (Lipinski definition) is 1. The Kier molecular flexibility index (Phi) is 4.01. The van der Waals surface area contributed by atoms with Gasteiger partial charge in [0.1, 0.15) is 17.9 Å². The highest BCUT2D eigenvalue weighted by atomic mass is 16.5. The van der Waals surface area contributed by atoms with Gasteiger partial charge in [0.05, 0.1) is 12.2 Å². The van der Waals surface area contributed by atoms with E-state index in [1.807, 2.05) is 30.8 Å². The van der Waals surface area contributed by atoms with E-state index in [1.165, 1.54) is 5.56 Å². The van der Waals surface area contributed by atoms with E-state index in [2.05, 4.69) is 17.3 Å². The van der Waals surface area contributed by atoms with Crippen LogP contribution in [0.2, 0.25) is 0 Å². The normalized spacial score (nSPS) is 21.2. The smallest absolute Gasteiger partial charge is 0.203 e. The van der Waals surface area contributed by atoms with Crippen molar-refractivity contribution in [3.8, 4) is 6.07 Å². The molecule has 1 saturated heterocycles. The Morgan fingerprint density at radius 2 is 2.27 bits per heavy atom. The second kappa shape index (κ2) is 5.95. The van der Waals surface area contributed by atoms with Crippen LogP contribution in [0.1, 0.15) is 41.0 Å². The molecule has 0 unspecified atom stereocenters. The van der Waals surface area contributed by atoms with Crippen LogP contribution in [-0.4, -0.2) is 22.4 Å². The minimum Gasteiger partial charge on any atom is -0.449 e. The van der Waals surface area contributed by atoms with E-state index in [4.69, 9.17) is 14.4 Å². The minimum absolute atomic E-state index is 0.0131. The van der Waals surface area contributed by atoms with Gasteiger partial charge in [0, 0.05) is 31.0 Å².